The molecule has 0 atom stereocenters. The lowest BCUT2D eigenvalue weighted by Gasteiger charge is -2.11. The minimum Gasteiger partial charge on any atom is -0.490 e. The first-order valence-electron chi connectivity index (χ1n) is 4.73. The lowest BCUT2D eigenvalue weighted by atomic mass is 10.2. The molecule has 0 unspecified atom stereocenters. The predicted molar refractivity (Wildman–Crippen MR) is 66.9 cm³/mol. The summed E-state index contributed by atoms with van der Waals surface area (Å²) in [5.74, 6) is 6.53. The Morgan fingerprint density at radius 3 is 2.80 bits per heavy atom. The fourth-order valence-corrected chi connectivity index (χ4v) is 1.87. The maximum absolute atomic E-state index is 5.85. The molecule has 0 bridgehead atoms. The van der Waals surface area contributed by atoms with E-state index in [1.807, 2.05) is 26.0 Å². The minimum atomic E-state index is 0.577. The molecule has 0 aromatic heterocycles. The Bertz CT molecular complexity index is 381. The second-order valence-corrected chi connectivity index (χ2v) is 4.08. The summed E-state index contributed by atoms with van der Waals surface area (Å²) in [7, 11) is 0. The molecule has 0 aliphatic heterocycles. The standard InChI is InChI=1S/C12H14BrNO/c1-3-4-5-6-15-12-9(2)7-10(13)8-11(12)14/h7-8H,5-6,14H2,1-2H3. The van der Waals surface area contributed by atoms with Crippen LogP contribution in [0, 0.1) is 18.8 Å². The zero-order chi connectivity index (χ0) is 11.3. The van der Waals surface area contributed by atoms with Crippen molar-refractivity contribution in [3.63, 3.8) is 0 Å². The molecule has 80 valence electrons. The van der Waals surface area contributed by atoms with Crippen molar-refractivity contribution in [2.45, 2.75) is 20.3 Å². The number of rotatable bonds is 3. The van der Waals surface area contributed by atoms with E-state index in [2.05, 4.69) is 27.8 Å². The summed E-state index contributed by atoms with van der Waals surface area (Å²) in [6.07, 6.45) is 0.728. The molecular formula is C12H14BrNO. The zero-order valence-electron chi connectivity index (χ0n) is 8.93. The third-order valence-corrected chi connectivity index (χ3v) is 2.38. The molecule has 1 aromatic rings. The smallest absolute Gasteiger partial charge is 0.145 e. The highest BCUT2D eigenvalue weighted by molar-refractivity contribution is 9.10. The summed E-state index contributed by atoms with van der Waals surface area (Å²) in [6.45, 7) is 4.37. The van der Waals surface area contributed by atoms with Gasteiger partial charge in [0.15, 0.2) is 0 Å². The predicted octanol–water partition coefficient (Wildman–Crippen LogP) is 3.13. The van der Waals surface area contributed by atoms with Crippen LogP contribution < -0.4 is 10.5 Å². The SMILES string of the molecule is CC#CCCOc1c(C)cc(Br)cc1N. The maximum Gasteiger partial charge on any atom is 0.145 e. The van der Waals surface area contributed by atoms with Gasteiger partial charge in [0, 0.05) is 10.9 Å². The summed E-state index contributed by atoms with van der Waals surface area (Å²) in [5, 5.41) is 0. The van der Waals surface area contributed by atoms with Gasteiger partial charge in [0.25, 0.3) is 0 Å². The maximum atomic E-state index is 5.85. The number of ether oxygens (including phenoxy) is 1. The normalized spacial score (nSPS) is 9.27. The molecule has 0 saturated carbocycles. The largest absolute Gasteiger partial charge is 0.490 e. The molecule has 2 nitrogen and oxygen atoms in total. The van der Waals surface area contributed by atoms with Gasteiger partial charge in [-0.2, -0.15) is 0 Å². The first kappa shape index (κ1) is 11.9. The van der Waals surface area contributed by atoms with Gasteiger partial charge in [-0.15, -0.1) is 11.8 Å². The van der Waals surface area contributed by atoms with E-state index in [9.17, 15) is 0 Å². The highest BCUT2D eigenvalue weighted by Gasteiger charge is 2.05. The van der Waals surface area contributed by atoms with E-state index in [1.165, 1.54) is 0 Å². The Labute approximate surface area is 98.9 Å². The minimum absolute atomic E-state index is 0.577. The fourth-order valence-electron chi connectivity index (χ4n) is 1.28. The van der Waals surface area contributed by atoms with Crippen molar-refractivity contribution >= 4 is 21.6 Å². The third-order valence-electron chi connectivity index (χ3n) is 1.92. The molecule has 0 spiro atoms. The van der Waals surface area contributed by atoms with E-state index in [0.717, 1.165) is 22.2 Å². The molecule has 15 heavy (non-hydrogen) atoms. The first-order chi connectivity index (χ1) is 7.15. The van der Waals surface area contributed by atoms with E-state index < -0.39 is 0 Å². The number of nitrogen functional groups attached to an aromatic ring is 1. The number of hydrogen-bond acceptors (Lipinski definition) is 2. The Morgan fingerprint density at radius 1 is 1.47 bits per heavy atom. The van der Waals surface area contributed by atoms with E-state index >= 15 is 0 Å². The molecule has 1 rings (SSSR count). The molecule has 1 aromatic carbocycles. The van der Waals surface area contributed by atoms with E-state index in [-0.39, 0.29) is 0 Å². The molecule has 0 heterocycles. The second kappa shape index (κ2) is 5.67. The van der Waals surface area contributed by atoms with Gasteiger partial charge in [-0.1, -0.05) is 15.9 Å². The van der Waals surface area contributed by atoms with E-state index in [4.69, 9.17) is 10.5 Å². The van der Waals surface area contributed by atoms with E-state index in [1.54, 1.807) is 0 Å². The van der Waals surface area contributed by atoms with Crippen molar-refractivity contribution in [2.24, 2.45) is 0 Å². The quantitative estimate of drug-likeness (QED) is 0.519. The van der Waals surface area contributed by atoms with Crippen molar-refractivity contribution in [1.29, 1.82) is 0 Å². The molecular weight excluding hydrogens is 254 g/mol. The van der Waals surface area contributed by atoms with Crippen LogP contribution in [-0.2, 0) is 0 Å². The van der Waals surface area contributed by atoms with Crippen LogP contribution in [-0.4, -0.2) is 6.61 Å². The van der Waals surface area contributed by atoms with Gasteiger partial charge < -0.3 is 10.5 Å². The van der Waals surface area contributed by atoms with Gasteiger partial charge in [0.1, 0.15) is 5.75 Å². The van der Waals surface area contributed by atoms with E-state index in [0.29, 0.717) is 12.3 Å². The second-order valence-electron chi connectivity index (χ2n) is 3.17. The fraction of sp³-hybridized carbons (Fsp3) is 0.333. The van der Waals surface area contributed by atoms with Crippen molar-refractivity contribution in [2.75, 3.05) is 12.3 Å². The Balaban J connectivity index is 2.71. The summed E-state index contributed by atoms with van der Waals surface area (Å²) < 4.78 is 6.55. The average molecular weight is 268 g/mol. The van der Waals surface area contributed by atoms with Crippen LogP contribution in [0.4, 0.5) is 5.69 Å². The van der Waals surface area contributed by atoms with Crippen LogP contribution >= 0.6 is 15.9 Å². The monoisotopic (exact) mass is 267 g/mol. The topological polar surface area (TPSA) is 35.2 Å². The van der Waals surface area contributed by atoms with Crippen molar-refractivity contribution in [3.8, 4) is 17.6 Å². The van der Waals surface area contributed by atoms with Gasteiger partial charge >= 0.3 is 0 Å². The number of halogens is 1. The molecule has 0 aliphatic carbocycles. The van der Waals surface area contributed by atoms with Gasteiger partial charge in [0.2, 0.25) is 0 Å². The van der Waals surface area contributed by atoms with Crippen molar-refractivity contribution < 1.29 is 4.74 Å². The van der Waals surface area contributed by atoms with Gasteiger partial charge in [-0.25, -0.2) is 0 Å². The van der Waals surface area contributed by atoms with Crippen LogP contribution in [0.1, 0.15) is 18.9 Å². The third kappa shape index (κ3) is 3.49. The summed E-state index contributed by atoms with van der Waals surface area (Å²) in [5.41, 5.74) is 7.54. The Kier molecular flexibility index (Phi) is 4.51. The Morgan fingerprint density at radius 2 is 2.20 bits per heavy atom. The number of hydrogen-bond donors (Lipinski definition) is 1. The molecule has 3 heteroatoms. The lowest BCUT2D eigenvalue weighted by molar-refractivity contribution is 0.326. The summed E-state index contributed by atoms with van der Waals surface area (Å²) >= 11 is 3.38. The van der Waals surface area contributed by atoms with Gasteiger partial charge in [-0.3, -0.25) is 0 Å². The van der Waals surface area contributed by atoms with Crippen LogP contribution in [0.25, 0.3) is 0 Å². The Hall–Kier alpha value is -1.14. The molecule has 0 saturated heterocycles. The molecule has 0 aliphatic rings. The number of nitrogens with two attached hydrogens (primary N) is 1. The van der Waals surface area contributed by atoms with Crippen LogP contribution in [0.3, 0.4) is 0 Å². The van der Waals surface area contributed by atoms with Crippen LogP contribution in [0.2, 0.25) is 0 Å². The molecule has 0 fully saturated rings. The molecule has 0 amide bonds. The van der Waals surface area contributed by atoms with Crippen molar-refractivity contribution in [3.05, 3.63) is 22.2 Å². The average Bonchev–Trinajstić information content (AvgIpc) is 2.15. The van der Waals surface area contributed by atoms with Crippen LogP contribution in [0.15, 0.2) is 16.6 Å². The highest BCUT2D eigenvalue weighted by atomic mass is 79.9. The summed E-state index contributed by atoms with van der Waals surface area (Å²) in [4.78, 5) is 0. The van der Waals surface area contributed by atoms with Crippen LogP contribution in [0.5, 0.6) is 5.75 Å². The van der Waals surface area contributed by atoms with Gasteiger partial charge in [0.05, 0.1) is 12.3 Å². The lowest BCUT2D eigenvalue weighted by Crippen LogP contribution is -2.01. The highest BCUT2D eigenvalue weighted by Crippen LogP contribution is 2.29. The number of aryl methyl sites for hydroxylation is 1. The molecule has 0 radical (unpaired) electrons. The van der Waals surface area contributed by atoms with Crippen molar-refractivity contribution in [1.82, 2.24) is 0 Å². The first-order valence-corrected chi connectivity index (χ1v) is 5.52. The zero-order valence-corrected chi connectivity index (χ0v) is 10.5. The van der Waals surface area contributed by atoms with Gasteiger partial charge in [-0.05, 0) is 31.5 Å². The summed E-state index contributed by atoms with van der Waals surface area (Å²) in [6, 6.07) is 3.82. The molecule has 2 N–H and O–H groups in total. The number of benzene rings is 1. The number of anilines is 1.